The van der Waals surface area contributed by atoms with Gasteiger partial charge in [-0.25, -0.2) is 4.39 Å². The highest BCUT2D eigenvalue weighted by Gasteiger charge is 2.24. The average Bonchev–Trinajstić information content (AvgIpc) is 2.69. The van der Waals surface area contributed by atoms with Crippen LogP contribution in [0.1, 0.15) is 42.3 Å². The molecule has 2 aromatic rings. The van der Waals surface area contributed by atoms with E-state index in [9.17, 15) is 24.5 Å². The van der Waals surface area contributed by atoms with E-state index in [4.69, 9.17) is 0 Å². The van der Waals surface area contributed by atoms with E-state index >= 15 is 0 Å². The van der Waals surface area contributed by atoms with Crippen molar-refractivity contribution >= 4 is 11.6 Å². The van der Waals surface area contributed by atoms with Crippen LogP contribution in [0.2, 0.25) is 0 Å². The van der Waals surface area contributed by atoms with Crippen molar-refractivity contribution in [3.63, 3.8) is 0 Å². The Bertz CT molecular complexity index is 879. The minimum absolute atomic E-state index is 0.243. The number of piperazine rings is 1. The Morgan fingerprint density at radius 1 is 1.03 bits per heavy atom. The summed E-state index contributed by atoms with van der Waals surface area (Å²) in [6.07, 6.45) is -0.110. The third-order valence-electron chi connectivity index (χ3n) is 5.18. The number of carbonyl (C=O) groups is 1. The number of aliphatic hydroxyl groups excluding tert-OH is 1. The molecule has 0 aromatic heterocycles. The van der Waals surface area contributed by atoms with Crippen molar-refractivity contribution in [3.05, 3.63) is 53.3 Å². The number of halogens is 1. The quantitative estimate of drug-likeness (QED) is 0.669. The highest BCUT2D eigenvalue weighted by Crippen LogP contribution is 2.28. The summed E-state index contributed by atoms with van der Waals surface area (Å²) < 4.78 is 14.7. The zero-order chi connectivity index (χ0) is 21.1. The van der Waals surface area contributed by atoms with Crippen LogP contribution in [0.15, 0.2) is 36.4 Å². The predicted molar refractivity (Wildman–Crippen MR) is 109 cm³/mol. The highest BCUT2D eigenvalue weighted by molar-refractivity contribution is 5.95. The summed E-state index contributed by atoms with van der Waals surface area (Å²) in [6, 6.07) is 8.81. The van der Waals surface area contributed by atoms with Gasteiger partial charge in [-0.05, 0) is 48.2 Å². The van der Waals surface area contributed by atoms with E-state index in [0.717, 1.165) is 0 Å². The highest BCUT2D eigenvalue weighted by atomic mass is 19.1. The van der Waals surface area contributed by atoms with E-state index in [-0.39, 0.29) is 23.2 Å². The largest absolute Gasteiger partial charge is 0.504 e. The number of anilines is 1. The molecule has 1 saturated heterocycles. The fourth-order valence-electron chi connectivity index (χ4n) is 3.56. The number of phenolic OH excluding ortho intramolecular Hbond substituents is 2. The molecular formula is C22H27FN2O4. The Kier molecular flexibility index (Phi) is 6.27. The first-order valence-electron chi connectivity index (χ1n) is 9.80. The number of rotatable bonds is 5. The van der Waals surface area contributed by atoms with Crippen molar-refractivity contribution in [3.8, 4) is 11.5 Å². The number of hydrogen-bond acceptors (Lipinski definition) is 5. The minimum Gasteiger partial charge on any atom is -0.504 e. The predicted octanol–water partition coefficient (Wildman–Crippen LogP) is 3.28. The van der Waals surface area contributed by atoms with Gasteiger partial charge in [0.2, 0.25) is 0 Å². The molecule has 1 amide bonds. The van der Waals surface area contributed by atoms with Gasteiger partial charge in [0.05, 0.1) is 11.8 Å². The monoisotopic (exact) mass is 402 g/mol. The smallest absolute Gasteiger partial charge is 0.254 e. The molecule has 0 aliphatic carbocycles. The molecule has 2 aromatic carbocycles. The van der Waals surface area contributed by atoms with Crippen LogP contribution in [0.3, 0.4) is 0 Å². The summed E-state index contributed by atoms with van der Waals surface area (Å²) in [7, 11) is 0. The maximum absolute atomic E-state index is 14.7. The van der Waals surface area contributed by atoms with Crippen molar-refractivity contribution in [2.75, 3.05) is 31.1 Å². The Morgan fingerprint density at radius 3 is 2.31 bits per heavy atom. The lowest BCUT2D eigenvalue weighted by Gasteiger charge is -2.36. The van der Waals surface area contributed by atoms with Gasteiger partial charge in [-0.1, -0.05) is 19.9 Å². The summed E-state index contributed by atoms with van der Waals surface area (Å²) >= 11 is 0. The maximum Gasteiger partial charge on any atom is 0.254 e. The standard InChI is InChI=1S/C22H27FN2O4/c1-14(2)11-20(27)15-3-5-18(17(23)12-15)24-7-9-25(10-8-24)22(29)16-4-6-19(26)21(28)13-16/h3-6,12-14,20,26-28H,7-11H2,1-2H3. The number of nitrogens with zero attached hydrogens (tertiary/aromatic N) is 2. The van der Waals surface area contributed by atoms with Gasteiger partial charge >= 0.3 is 0 Å². The van der Waals surface area contributed by atoms with Crippen molar-refractivity contribution in [1.29, 1.82) is 0 Å². The Morgan fingerprint density at radius 2 is 1.72 bits per heavy atom. The van der Waals surface area contributed by atoms with Gasteiger partial charge in [0.15, 0.2) is 11.5 Å². The molecule has 0 saturated carbocycles. The molecule has 1 atom stereocenters. The molecule has 1 heterocycles. The summed E-state index contributed by atoms with van der Waals surface area (Å²) in [6.45, 7) is 5.79. The number of amides is 1. The van der Waals surface area contributed by atoms with E-state index < -0.39 is 6.10 Å². The fourth-order valence-corrected chi connectivity index (χ4v) is 3.56. The van der Waals surface area contributed by atoms with E-state index in [1.54, 1.807) is 17.0 Å². The molecule has 1 aliphatic rings. The lowest BCUT2D eigenvalue weighted by molar-refractivity contribution is 0.0746. The van der Waals surface area contributed by atoms with Crippen LogP contribution in [-0.4, -0.2) is 52.3 Å². The van der Waals surface area contributed by atoms with E-state index in [0.29, 0.717) is 55.3 Å². The van der Waals surface area contributed by atoms with Gasteiger partial charge in [-0.2, -0.15) is 0 Å². The molecule has 3 N–H and O–H groups in total. The van der Waals surface area contributed by atoms with Gasteiger partial charge in [0.1, 0.15) is 5.82 Å². The molecule has 6 nitrogen and oxygen atoms in total. The SMILES string of the molecule is CC(C)CC(O)c1ccc(N2CCN(C(=O)c3ccc(O)c(O)c3)CC2)c(F)c1. The molecular weight excluding hydrogens is 375 g/mol. The second-order valence-electron chi connectivity index (χ2n) is 7.84. The van der Waals surface area contributed by atoms with E-state index in [1.165, 1.54) is 24.3 Å². The summed E-state index contributed by atoms with van der Waals surface area (Å²) in [5.41, 5.74) is 1.32. The first kappa shape index (κ1) is 20.9. The van der Waals surface area contributed by atoms with Crippen LogP contribution >= 0.6 is 0 Å². The number of aliphatic hydroxyl groups is 1. The molecule has 1 unspecified atom stereocenters. The molecule has 0 spiro atoms. The molecule has 156 valence electrons. The maximum atomic E-state index is 14.7. The van der Waals surface area contributed by atoms with Gasteiger partial charge in [-0.3, -0.25) is 4.79 Å². The van der Waals surface area contributed by atoms with Crippen molar-refractivity contribution in [2.45, 2.75) is 26.4 Å². The van der Waals surface area contributed by atoms with Crippen molar-refractivity contribution in [2.24, 2.45) is 5.92 Å². The Balaban J connectivity index is 1.64. The topological polar surface area (TPSA) is 84.2 Å². The first-order chi connectivity index (χ1) is 13.8. The number of phenols is 2. The molecule has 0 bridgehead atoms. The normalized spacial score (nSPS) is 15.6. The Hall–Kier alpha value is -2.80. The Labute approximate surface area is 169 Å². The van der Waals surface area contributed by atoms with Gasteiger partial charge in [0.25, 0.3) is 5.91 Å². The third-order valence-corrected chi connectivity index (χ3v) is 5.18. The second kappa shape index (κ2) is 8.69. The lowest BCUT2D eigenvalue weighted by atomic mass is 9.99. The van der Waals surface area contributed by atoms with Gasteiger partial charge < -0.3 is 25.1 Å². The van der Waals surface area contributed by atoms with E-state index in [2.05, 4.69) is 0 Å². The molecule has 1 aliphatic heterocycles. The summed E-state index contributed by atoms with van der Waals surface area (Å²) in [5, 5.41) is 29.2. The number of benzene rings is 2. The first-order valence-corrected chi connectivity index (χ1v) is 9.80. The third kappa shape index (κ3) is 4.79. The van der Waals surface area contributed by atoms with Crippen LogP contribution in [0.25, 0.3) is 0 Å². The van der Waals surface area contributed by atoms with Crippen LogP contribution < -0.4 is 4.90 Å². The van der Waals surface area contributed by atoms with Crippen LogP contribution in [0.4, 0.5) is 10.1 Å². The van der Waals surface area contributed by atoms with Crippen molar-refractivity contribution in [1.82, 2.24) is 4.90 Å². The lowest BCUT2D eigenvalue weighted by Crippen LogP contribution is -2.49. The number of aromatic hydroxyl groups is 2. The molecule has 1 fully saturated rings. The van der Waals surface area contributed by atoms with Gasteiger partial charge in [-0.15, -0.1) is 0 Å². The van der Waals surface area contributed by atoms with Crippen molar-refractivity contribution < 1.29 is 24.5 Å². The molecule has 3 rings (SSSR count). The zero-order valence-corrected chi connectivity index (χ0v) is 16.7. The van der Waals surface area contributed by atoms with E-state index in [1.807, 2.05) is 18.7 Å². The molecule has 29 heavy (non-hydrogen) atoms. The minimum atomic E-state index is -0.685. The van der Waals surface area contributed by atoms with Crippen LogP contribution in [0.5, 0.6) is 11.5 Å². The summed E-state index contributed by atoms with van der Waals surface area (Å²) in [5.74, 6) is -0.921. The van der Waals surface area contributed by atoms with Crippen LogP contribution in [0, 0.1) is 11.7 Å². The average molecular weight is 402 g/mol. The fraction of sp³-hybridized carbons (Fsp3) is 0.409. The summed E-state index contributed by atoms with van der Waals surface area (Å²) in [4.78, 5) is 16.1. The number of hydrogen-bond donors (Lipinski definition) is 3. The van der Waals surface area contributed by atoms with Crippen LogP contribution in [-0.2, 0) is 0 Å². The second-order valence-corrected chi connectivity index (χ2v) is 7.84. The molecule has 7 heteroatoms. The number of carbonyl (C=O) groups excluding carboxylic acids is 1. The van der Waals surface area contributed by atoms with Gasteiger partial charge in [0, 0.05) is 31.7 Å². The molecule has 0 radical (unpaired) electrons. The zero-order valence-electron chi connectivity index (χ0n) is 16.7.